The lowest BCUT2D eigenvalue weighted by Crippen LogP contribution is -2.42. The molecule has 2 aliphatic carbocycles. The van der Waals surface area contributed by atoms with E-state index in [0.717, 1.165) is 5.92 Å². The normalized spacial score (nSPS) is 35.6. The fourth-order valence-electron chi connectivity index (χ4n) is 4.69. The van der Waals surface area contributed by atoms with Crippen molar-refractivity contribution in [2.75, 3.05) is 0 Å². The zero-order valence-corrected chi connectivity index (χ0v) is 13.0. The molecule has 2 nitrogen and oxygen atoms in total. The topological polar surface area (TPSA) is 13.1 Å². The van der Waals surface area contributed by atoms with Crippen molar-refractivity contribution in [1.29, 1.82) is 0 Å². The van der Waals surface area contributed by atoms with E-state index in [-0.39, 0.29) is 6.10 Å². The maximum Gasteiger partial charge on any atom is 0.174 e. The molecule has 1 aliphatic heterocycles. The molecule has 0 unspecified atom stereocenters. The molecular formula is C19H26NO+. The molecule has 0 bridgehead atoms. The van der Waals surface area contributed by atoms with Gasteiger partial charge in [0.2, 0.25) is 0 Å². The molecule has 1 saturated carbocycles. The van der Waals surface area contributed by atoms with Crippen LogP contribution in [-0.4, -0.2) is 6.10 Å². The molecule has 0 aromatic carbocycles. The molecule has 2 heteroatoms. The highest BCUT2D eigenvalue weighted by Crippen LogP contribution is 2.50. The molecule has 0 N–H and O–H groups in total. The predicted molar refractivity (Wildman–Crippen MR) is 82.6 cm³/mol. The lowest BCUT2D eigenvalue weighted by atomic mass is 9.68. The number of aryl methyl sites for hydroxylation is 1. The second-order valence-corrected chi connectivity index (χ2v) is 7.03. The van der Waals surface area contributed by atoms with Crippen molar-refractivity contribution in [2.24, 2.45) is 18.9 Å². The van der Waals surface area contributed by atoms with Crippen molar-refractivity contribution >= 4 is 0 Å². The van der Waals surface area contributed by atoms with E-state index in [0.29, 0.717) is 12.0 Å². The molecule has 1 saturated heterocycles. The Bertz CT molecular complexity index is 550. The summed E-state index contributed by atoms with van der Waals surface area (Å²) in [5.41, 5.74) is 3.11. The summed E-state index contributed by atoms with van der Waals surface area (Å²) in [7, 11) is 2.10. The third-order valence-electron chi connectivity index (χ3n) is 5.64. The van der Waals surface area contributed by atoms with Gasteiger partial charge in [-0.2, -0.15) is 0 Å². The number of hydrogen-bond acceptors (Lipinski definition) is 1. The Morgan fingerprint density at radius 2 is 1.95 bits per heavy atom. The van der Waals surface area contributed by atoms with Gasteiger partial charge in [0.05, 0.1) is 12.2 Å². The van der Waals surface area contributed by atoms with E-state index < -0.39 is 0 Å². The van der Waals surface area contributed by atoms with Crippen LogP contribution in [-0.2, 0) is 11.8 Å². The second-order valence-electron chi connectivity index (χ2n) is 7.03. The van der Waals surface area contributed by atoms with Crippen LogP contribution in [0.5, 0.6) is 0 Å². The first-order valence-electron chi connectivity index (χ1n) is 8.63. The fraction of sp³-hybridized carbons (Fsp3) is 0.632. The Morgan fingerprint density at radius 1 is 1.10 bits per heavy atom. The smallest absolute Gasteiger partial charge is 0.174 e. The number of fused-ring (bicyclic) bond motifs is 3. The van der Waals surface area contributed by atoms with Crippen molar-refractivity contribution in [3.05, 3.63) is 41.7 Å². The molecule has 21 heavy (non-hydrogen) atoms. The Balaban J connectivity index is 1.70. The van der Waals surface area contributed by atoms with E-state index >= 15 is 0 Å². The summed E-state index contributed by atoms with van der Waals surface area (Å²) in [5, 5.41) is 0. The predicted octanol–water partition coefficient (Wildman–Crippen LogP) is 3.87. The summed E-state index contributed by atoms with van der Waals surface area (Å²) in [6, 6.07) is 4.40. The van der Waals surface area contributed by atoms with Crippen LogP contribution < -0.4 is 4.57 Å². The summed E-state index contributed by atoms with van der Waals surface area (Å²) >= 11 is 0. The molecule has 2 heterocycles. The first-order valence-corrected chi connectivity index (χ1v) is 8.63. The standard InChI is InChI=1S/C19H26NO/c1-20-12-6-7-14(13-20)19-17-10-3-2-8-15(17)16-9-4-5-11-18(16)21-19/h6-8,12-13,16-19H,2-5,9-11H2,1H3/q+1/t16-,17+,18-,19-/m0/s1. The van der Waals surface area contributed by atoms with E-state index in [9.17, 15) is 0 Å². The Kier molecular flexibility index (Phi) is 3.58. The van der Waals surface area contributed by atoms with Gasteiger partial charge in [0.15, 0.2) is 12.4 Å². The summed E-state index contributed by atoms with van der Waals surface area (Å²) < 4.78 is 8.80. The minimum Gasteiger partial charge on any atom is -0.369 e. The molecule has 0 radical (unpaired) electrons. The minimum atomic E-state index is 0.281. The highest BCUT2D eigenvalue weighted by Gasteiger charge is 2.43. The molecular weight excluding hydrogens is 258 g/mol. The van der Waals surface area contributed by atoms with Crippen LogP contribution in [0.1, 0.15) is 56.6 Å². The lowest BCUT2D eigenvalue weighted by Gasteiger charge is -2.47. The maximum absolute atomic E-state index is 6.65. The van der Waals surface area contributed by atoms with Crippen LogP contribution in [0.15, 0.2) is 36.2 Å². The van der Waals surface area contributed by atoms with E-state index in [2.05, 4.69) is 42.2 Å². The highest BCUT2D eigenvalue weighted by molar-refractivity contribution is 5.25. The largest absolute Gasteiger partial charge is 0.369 e. The second kappa shape index (κ2) is 5.57. The molecule has 0 spiro atoms. The van der Waals surface area contributed by atoms with Crippen LogP contribution in [0, 0.1) is 11.8 Å². The fourth-order valence-corrected chi connectivity index (χ4v) is 4.69. The van der Waals surface area contributed by atoms with Gasteiger partial charge in [0, 0.05) is 23.5 Å². The molecule has 3 aliphatic rings. The Morgan fingerprint density at radius 3 is 2.86 bits per heavy atom. The monoisotopic (exact) mass is 284 g/mol. The van der Waals surface area contributed by atoms with Crippen LogP contribution >= 0.6 is 0 Å². The van der Waals surface area contributed by atoms with Gasteiger partial charge >= 0.3 is 0 Å². The number of allylic oxidation sites excluding steroid dienone is 1. The van der Waals surface area contributed by atoms with Crippen molar-refractivity contribution in [3.8, 4) is 0 Å². The first kappa shape index (κ1) is 13.5. The van der Waals surface area contributed by atoms with E-state index in [1.807, 2.05) is 0 Å². The number of pyridine rings is 1. The van der Waals surface area contributed by atoms with Crippen LogP contribution in [0.2, 0.25) is 0 Å². The molecule has 1 aromatic rings. The number of nitrogens with zero attached hydrogens (tertiary/aromatic N) is 1. The molecule has 4 rings (SSSR count). The van der Waals surface area contributed by atoms with Gasteiger partial charge in [-0.1, -0.05) is 24.5 Å². The van der Waals surface area contributed by atoms with E-state index in [1.54, 1.807) is 5.57 Å². The van der Waals surface area contributed by atoms with Crippen molar-refractivity contribution in [3.63, 3.8) is 0 Å². The van der Waals surface area contributed by atoms with Gasteiger partial charge in [-0.25, -0.2) is 4.57 Å². The summed E-state index contributed by atoms with van der Waals surface area (Å²) in [6.45, 7) is 0. The van der Waals surface area contributed by atoms with Crippen molar-refractivity contribution in [1.82, 2.24) is 0 Å². The van der Waals surface area contributed by atoms with E-state index in [4.69, 9.17) is 4.74 Å². The lowest BCUT2D eigenvalue weighted by molar-refractivity contribution is -0.672. The zero-order valence-electron chi connectivity index (χ0n) is 13.0. The number of rotatable bonds is 1. The maximum atomic E-state index is 6.65. The highest BCUT2D eigenvalue weighted by atomic mass is 16.5. The minimum absolute atomic E-state index is 0.281. The van der Waals surface area contributed by atoms with Crippen molar-refractivity contribution in [2.45, 2.75) is 57.2 Å². The first-order chi connectivity index (χ1) is 10.3. The SMILES string of the molecule is C[n+]1cccc([C@@H]2O[C@H]3CCCC[C@H]3C3=CCCC[C@H]32)c1. The van der Waals surface area contributed by atoms with Gasteiger partial charge in [-0.15, -0.1) is 0 Å². The summed E-state index contributed by atoms with van der Waals surface area (Å²) in [4.78, 5) is 0. The Labute approximate surface area is 127 Å². The van der Waals surface area contributed by atoms with Gasteiger partial charge in [-0.05, 0) is 38.2 Å². The van der Waals surface area contributed by atoms with Gasteiger partial charge in [-0.3, -0.25) is 0 Å². The average Bonchev–Trinajstić information content (AvgIpc) is 2.54. The molecule has 4 atom stereocenters. The number of ether oxygens (including phenoxy) is 1. The molecule has 1 aromatic heterocycles. The van der Waals surface area contributed by atoms with Crippen LogP contribution in [0.4, 0.5) is 0 Å². The third-order valence-corrected chi connectivity index (χ3v) is 5.64. The van der Waals surface area contributed by atoms with Gasteiger partial charge < -0.3 is 4.74 Å². The third kappa shape index (κ3) is 2.44. The quantitative estimate of drug-likeness (QED) is 0.563. The molecule has 0 amide bonds. The van der Waals surface area contributed by atoms with E-state index in [1.165, 1.54) is 50.5 Å². The van der Waals surface area contributed by atoms with Gasteiger partial charge in [0.25, 0.3) is 0 Å². The van der Waals surface area contributed by atoms with Crippen LogP contribution in [0.3, 0.4) is 0 Å². The van der Waals surface area contributed by atoms with Crippen LogP contribution in [0.25, 0.3) is 0 Å². The van der Waals surface area contributed by atoms with Gasteiger partial charge in [0.1, 0.15) is 7.05 Å². The Hall–Kier alpha value is -1.15. The molecule has 2 fully saturated rings. The molecule has 112 valence electrons. The zero-order chi connectivity index (χ0) is 14.2. The van der Waals surface area contributed by atoms with Crippen molar-refractivity contribution < 1.29 is 9.30 Å². The number of hydrogen-bond donors (Lipinski definition) is 0. The average molecular weight is 284 g/mol. The summed E-state index contributed by atoms with van der Waals surface area (Å²) in [5.74, 6) is 1.35. The number of aromatic nitrogens is 1. The summed E-state index contributed by atoms with van der Waals surface area (Å²) in [6.07, 6.45) is 16.9.